The second kappa shape index (κ2) is 15.8. The van der Waals surface area contributed by atoms with E-state index in [1.54, 1.807) is 69.9 Å². The van der Waals surface area contributed by atoms with E-state index in [2.05, 4.69) is 26.4 Å². The summed E-state index contributed by atoms with van der Waals surface area (Å²) in [5.41, 5.74) is 0.562. The molecular weight excluding hydrogens is 788 g/mol. The van der Waals surface area contributed by atoms with Crippen LogP contribution in [-0.2, 0) is 17.8 Å². The van der Waals surface area contributed by atoms with Crippen molar-refractivity contribution in [3.63, 3.8) is 0 Å². The molecule has 1 N–H and O–H groups in total. The van der Waals surface area contributed by atoms with Crippen molar-refractivity contribution in [2.75, 3.05) is 57.6 Å². The third-order valence-corrected chi connectivity index (χ3v) is 11.7. The molecule has 0 spiro atoms. The van der Waals surface area contributed by atoms with Gasteiger partial charge in [-0.25, -0.2) is 13.6 Å². The molecule has 3 aromatic heterocycles. The first-order valence-electron chi connectivity index (χ1n) is 18.8. The number of hydrogen-bond donors (Lipinski definition) is 1. The van der Waals surface area contributed by atoms with Gasteiger partial charge >= 0.3 is 12.1 Å². The maximum atomic E-state index is 17.5. The fourth-order valence-electron chi connectivity index (χ4n) is 7.57. The molecule has 1 atom stereocenters. The van der Waals surface area contributed by atoms with Gasteiger partial charge in [0.1, 0.15) is 34.6 Å². The molecule has 304 valence electrons. The monoisotopic (exact) mass is 831 g/mol. The number of likely N-dealkylation sites (tertiary alicyclic amines) is 1. The summed E-state index contributed by atoms with van der Waals surface area (Å²) in [7, 11) is 5.29. The number of hydrogen-bond acceptors (Lipinski definition) is 11. The smallest absolute Gasteiger partial charge is 0.412 e. The Labute approximate surface area is 343 Å². The second-order valence-electron chi connectivity index (χ2n) is 16.2. The number of nitrogens with zero attached hydrogens (tertiary/aromatic N) is 8. The standard InChI is InChI=1S/C41H44ClF2N9O4S/c1-40(2,3)57-39(55)48-36-27(19-45)31-25(10-8-11-30(31)58-36)32-28(42)17-26-34(33(32)44)46-38(56-22-41(4)21-51(7)15-12-23(41)18-43)47-35(26)52-13-9-14-53-24(20-52)16-29(49-53)37(54)50(5)6/h8,10-11,16-18H,9,12-15,20-22H2,1-7H3,(H,48,55)/b23-18+/t41-/m0/s1. The zero-order valence-corrected chi connectivity index (χ0v) is 34.9. The van der Waals surface area contributed by atoms with Gasteiger partial charge in [0.2, 0.25) is 0 Å². The van der Waals surface area contributed by atoms with Crippen LogP contribution in [0.4, 0.5) is 24.4 Å². The molecule has 2 aromatic carbocycles. The molecule has 1 saturated heterocycles. The largest absolute Gasteiger partial charge is 0.462 e. The Morgan fingerprint density at radius 1 is 1.19 bits per heavy atom. The SMILES string of the molecule is CN1CC/C(=C\F)[C@](C)(COc2nc(N3CCCn4nc(C(=O)N(C)C)cc4C3)c3cc(Cl)c(-c4cccc5sc(NC(=O)OC(C)(C)C)c(C#N)c45)c(F)c3n2)C1. The molecule has 0 bridgehead atoms. The quantitative estimate of drug-likeness (QED) is 0.170. The number of piperidine rings is 1. The number of rotatable bonds is 7. The van der Waals surface area contributed by atoms with E-state index in [-0.39, 0.29) is 51.7 Å². The van der Waals surface area contributed by atoms with Crippen LogP contribution in [0.1, 0.15) is 62.3 Å². The summed E-state index contributed by atoms with van der Waals surface area (Å²) in [6, 6.07) is 10.6. The average Bonchev–Trinajstić information content (AvgIpc) is 3.66. The Hall–Kier alpha value is -5.37. The predicted molar refractivity (Wildman–Crippen MR) is 221 cm³/mol. The minimum atomic E-state index is -0.775. The van der Waals surface area contributed by atoms with Gasteiger partial charge in [0.15, 0.2) is 11.5 Å². The van der Waals surface area contributed by atoms with Crippen LogP contribution < -0.4 is 15.0 Å². The van der Waals surface area contributed by atoms with Crippen LogP contribution in [0, 0.1) is 22.6 Å². The summed E-state index contributed by atoms with van der Waals surface area (Å²) in [5.74, 6) is -0.648. The van der Waals surface area contributed by atoms with Gasteiger partial charge in [-0.15, -0.1) is 11.3 Å². The van der Waals surface area contributed by atoms with Crippen molar-refractivity contribution in [3.05, 3.63) is 70.0 Å². The Morgan fingerprint density at radius 3 is 2.67 bits per heavy atom. The number of benzene rings is 2. The number of aryl methyl sites for hydroxylation is 1. The lowest BCUT2D eigenvalue weighted by Crippen LogP contribution is -2.44. The number of anilines is 2. The molecule has 0 saturated carbocycles. The second-order valence-corrected chi connectivity index (χ2v) is 17.6. The molecular formula is C41H44ClF2N9O4S. The topological polar surface area (TPSA) is 142 Å². The number of carbonyl (C=O) groups is 2. The van der Waals surface area contributed by atoms with Gasteiger partial charge in [-0.05, 0) is 70.0 Å². The van der Waals surface area contributed by atoms with Crippen molar-refractivity contribution in [3.8, 4) is 23.2 Å². The van der Waals surface area contributed by atoms with E-state index in [1.807, 2.05) is 18.9 Å². The normalized spacial score (nSPS) is 18.2. The number of ether oxygens (including phenoxy) is 2. The summed E-state index contributed by atoms with van der Waals surface area (Å²) in [5, 5.41) is 18.6. The molecule has 0 unspecified atom stereocenters. The third kappa shape index (κ3) is 7.90. The van der Waals surface area contributed by atoms with E-state index in [4.69, 9.17) is 26.1 Å². The van der Waals surface area contributed by atoms with Crippen LogP contribution in [0.2, 0.25) is 5.02 Å². The maximum absolute atomic E-state index is 17.5. The van der Waals surface area contributed by atoms with Gasteiger partial charge in [0.05, 0.1) is 29.2 Å². The van der Waals surface area contributed by atoms with E-state index in [0.29, 0.717) is 83.5 Å². The predicted octanol–water partition coefficient (Wildman–Crippen LogP) is 8.41. The first-order valence-corrected chi connectivity index (χ1v) is 20.0. The zero-order chi connectivity index (χ0) is 41.7. The summed E-state index contributed by atoms with van der Waals surface area (Å²) < 4.78 is 45.8. The summed E-state index contributed by atoms with van der Waals surface area (Å²) in [6.07, 6.45) is 1.07. The van der Waals surface area contributed by atoms with Crippen LogP contribution in [0.25, 0.3) is 32.1 Å². The highest BCUT2D eigenvalue weighted by Gasteiger charge is 2.36. The van der Waals surface area contributed by atoms with Crippen molar-refractivity contribution in [1.82, 2.24) is 29.5 Å². The number of thiophene rings is 1. The fraction of sp³-hybridized carbons (Fsp3) is 0.415. The molecule has 0 radical (unpaired) electrons. The zero-order valence-electron chi connectivity index (χ0n) is 33.4. The molecule has 17 heteroatoms. The van der Waals surface area contributed by atoms with E-state index in [0.717, 1.165) is 17.0 Å². The Kier molecular flexibility index (Phi) is 11.1. The van der Waals surface area contributed by atoms with E-state index in [9.17, 15) is 19.2 Å². The van der Waals surface area contributed by atoms with E-state index in [1.165, 1.54) is 4.90 Å². The van der Waals surface area contributed by atoms with Crippen LogP contribution in [0.3, 0.4) is 0 Å². The number of amides is 2. The summed E-state index contributed by atoms with van der Waals surface area (Å²) >= 11 is 8.20. The summed E-state index contributed by atoms with van der Waals surface area (Å²) in [6.45, 7) is 9.68. The Morgan fingerprint density at radius 2 is 1.97 bits per heavy atom. The average molecular weight is 832 g/mol. The van der Waals surface area contributed by atoms with Gasteiger partial charge in [-0.2, -0.15) is 20.3 Å². The number of fused-ring (bicyclic) bond motifs is 3. The van der Waals surface area contributed by atoms with Gasteiger partial charge in [-0.3, -0.25) is 14.8 Å². The van der Waals surface area contributed by atoms with E-state index >= 15 is 4.39 Å². The highest BCUT2D eigenvalue weighted by Crippen LogP contribution is 2.46. The molecule has 5 aromatic rings. The Bertz CT molecular complexity index is 2520. The number of aromatic nitrogens is 4. The molecule has 5 heterocycles. The van der Waals surface area contributed by atoms with Crippen LogP contribution in [0.15, 0.2) is 42.2 Å². The first-order chi connectivity index (χ1) is 27.5. The van der Waals surface area contributed by atoms with E-state index < -0.39 is 22.9 Å². The molecule has 13 nitrogen and oxygen atoms in total. The third-order valence-electron chi connectivity index (χ3n) is 10.3. The molecule has 58 heavy (non-hydrogen) atoms. The van der Waals surface area contributed by atoms with Crippen molar-refractivity contribution in [1.29, 1.82) is 5.26 Å². The minimum Gasteiger partial charge on any atom is -0.462 e. The molecule has 0 aliphatic carbocycles. The van der Waals surface area contributed by atoms with Gasteiger partial charge < -0.3 is 24.2 Å². The molecule has 1 fully saturated rings. The summed E-state index contributed by atoms with van der Waals surface area (Å²) in [4.78, 5) is 40.6. The van der Waals surface area contributed by atoms with Crippen molar-refractivity contribution in [2.45, 2.75) is 59.2 Å². The van der Waals surface area contributed by atoms with Crippen LogP contribution in [0.5, 0.6) is 6.01 Å². The first kappa shape index (κ1) is 40.8. The number of nitrogens with one attached hydrogen (secondary N) is 1. The van der Waals surface area contributed by atoms with Crippen LogP contribution >= 0.6 is 22.9 Å². The van der Waals surface area contributed by atoms with Gasteiger partial charge in [-0.1, -0.05) is 30.7 Å². The lowest BCUT2D eigenvalue weighted by atomic mass is 9.78. The van der Waals surface area contributed by atoms with Crippen LogP contribution in [-0.4, -0.2) is 94.5 Å². The van der Waals surface area contributed by atoms with Gasteiger partial charge in [0, 0.05) is 66.7 Å². The van der Waals surface area contributed by atoms with Crippen molar-refractivity contribution in [2.24, 2.45) is 5.41 Å². The number of nitriles is 1. The number of halogens is 3. The lowest BCUT2D eigenvalue weighted by Gasteiger charge is -2.40. The van der Waals surface area contributed by atoms with Crippen molar-refractivity contribution >= 4 is 66.7 Å². The highest BCUT2D eigenvalue weighted by atomic mass is 35.5. The molecule has 2 amide bonds. The Balaban J connectivity index is 1.37. The molecule has 2 aliphatic rings. The fourth-order valence-corrected chi connectivity index (χ4v) is 8.93. The maximum Gasteiger partial charge on any atom is 0.412 e. The molecule has 2 aliphatic heterocycles. The number of carbonyl (C=O) groups excluding carboxylic acids is 2. The highest BCUT2D eigenvalue weighted by molar-refractivity contribution is 7.23. The van der Waals surface area contributed by atoms with Crippen molar-refractivity contribution < 1.29 is 27.8 Å². The van der Waals surface area contributed by atoms with Gasteiger partial charge in [0.25, 0.3) is 5.91 Å². The lowest BCUT2D eigenvalue weighted by molar-refractivity contribution is 0.0636. The molecule has 7 rings (SSSR count). The minimum absolute atomic E-state index is 0.00205.